The van der Waals surface area contributed by atoms with Crippen molar-refractivity contribution in [1.82, 2.24) is 5.32 Å². The monoisotopic (exact) mass is 205 g/mol. The van der Waals surface area contributed by atoms with Gasteiger partial charge >= 0.3 is 0 Å². The lowest BCUT2D eigenvalue weighted by atomic mass is 9.90. The minimum atomic E-state index is 0.275. The van der Waals surface area contributed by atoms with Crippen molar-refractivity contribution < 1.29 is 0 Å². The molecular weight excluding hydrogens is 182 g/mol. The Kier molecular flexibility index (Phi) is 6.79. The molecule has 0 saturated heterocycles. The molecule has 0 rings (SSSR count). The average Bonchev–Trinajstić information content (AvgIpc) is 1.94. The summed E-state index contributed by atoms with van der Waals surface area (Å²) in [5.41, 5.74) is 0.346. The molecule has 0 aromatic carbocycles. The van der Waals surface area contributed by atoms with Crippen LogP contribution in [0.5, 0.6) is 0 Å². The van der Waals surface area contributed by atoms with Crippen LogP contribution in [0.3, 0.4) is 0 Å². The molecule has 80 valence electrons. The van der Waals surface area contributed by atoms with E-state index in [0.717, 1.165) is 19.5 Å². The molecule has 0 spiro atoms. The molecule has 0 amide bonds. The first kappa shape index (κ1) is 13.2. The predicted octanol–water partition coefficient (Wildman–Crippen LogP) is 3.42. The molecule has 0 bridgehead atoms. The summed E-state index contributed by atoms with van der Waals surface area (Å²) >= 11 is 6.18. The summed E-state index contributed by atoms with van der Waals surface area (Å²) in [5.74, 6) is 0. The van der Waals surface area contributed by atoms with E-state index in [9.17, 15) is 0 Å². The Labute approximate surface area is 88.2 Å². The Balaban J connectivity index is 3.35. The fourth-order valence-corrected chi connectivity index (χ4v) is 1.87. The van der Waals surface area contributed by atoms with Crippen molar-refractivity contribution in [3.05, 3.63) is 0 Å². The van der Waals surface area contributed by atoms with Crippen LogP contribution < -0.4 is 5.32 Å². The highest BCUT2D eigenvalue weighted by Gasteiger charge is 2.15. The lowest BCUT2D eigenvalue weighted by Gasteiger charge is -2.21. The lowest BCUT2D eigenvalue weighted by Crippen LogP contribution is -2.27. The standard InChI is InChI=1S/C11H24ClN/c1-5-6-7-13-9-10(12)8-11(2,3)4/h10,13H,5-9H2,1-4H3. The van der Waals surface area contributed by atoms with Crippen LogP contribution in [0.25, 0.3) is 0 Å². The van der Waals surface area contributed by atoms with E-state index in [1.165, 1.54) is 12.8 Å². The molecule has 0 aliphatic heterocycles. The summed E-state index contributed by atoms with van der Waals surface area (Å²) in [7, 11) is 0. The predicted molar refractivity (Wildman–Crippen MR) is 61.5 cm³/mol. The Morgan fingerprint density at radius 1 is 1.31 bits per heavy atom. The van der Waals surface area contributed by atoms with Crippen molar-refractivity contribution in [1.29, 1.82) is 0 Å². The van der Waals surface area contributed by atoms with Gasteiger partial charge in [0.1, 0.15) is 0 Å². The SMILES string of the molecule is CCCCNCC(Cl)CC(C)(C)C. The zero-order chi connectivity index (χ0) is 10.3. The van der Waals surface area contributed by atoms with Crippen molar-refractivity contribution in [3.63, 3.8) is 0 Å². The van der Waals surface area contributed by atoms with E-state index < -0.39 is 0 Å². The van der Waals surface area contributed by atoms with Crippen LogP contribution in [-0.2, 0) is 0 Å². The van der Waals surface area contributed by atoms with Crippen LogP contribution in [0.15, 0.2) is 0 Å². The smallest absolute Gasteiger partial charge is 0.0465 e. The van der Waals surface area contributed by atoms with Crippen molar-refractivity contribution in [2.75, 3.05) is 13.1 Å². The van der Waals surface area contributed by atoms with E-state index in [-0.39, 0.29) is 5.38 Å². The largest absolute Gasteiger partial charge is 0.315 e. The third-order valence-electron chi connectivity index (χ3n) is 1.91. The molecule has 1 N–H and O–H groups in total. The molecule has 0 radical (unpaired) electrons. The topological polar surface area (TPSA) is 12.0 Å². The number of rotatable bonds is 6. The number of hydrogen-bond acceptors (Lipinski definition) is 1. The summed E-state index contributed by atoms with van der Waals surface area (Å²) in [4.78, 5) is 0. The second kappa shape index (κ2) is 6.67. The molecule has 2 heteroatoms. The Hall–Kier alpha value is 0.250. The maximum atomic E-state index is 6.18. The van der Waals surface area contributed by atoms with E-state index in [1.807, 2.05) is 0 Å². The van der Waals surface area contributed by atoms with Gasteiger partial charge in [-0.25, -0.2) is 0 Å². The van der Waals surface area contributed by atoms with Crippen LogP contribution in [0.1, 0.15) is 47.0 Å². The van der Waals surface area contributed by atoms with E-state index in [0.29, 0.717) is 5.41 Å². The Bertz CT molecular complexity index is 118. The fraction of sp³-hybridized carbons (Fsp3) is 1.00. The fourth-order valence-electron chi connectivity index (χ4n) is 1.30. The molecule has 0 aliphatic carbocycles. The third-order valence-corrected chi connectivity index (χ3v) is 2.22. The highest BCUT2D eigenvalue weighted by Crippen LogP contribution is 2.23. The normalized spacial score (nSPS) is 14.5. The quantitative estimate of drug-likeness (QED) is 0.518. The van der Waals surface area contributed by atoms with Crippen molar-refractivity contribution >= 4 is 11.6 Å². The molecule has 1 atom stereocenters. The van der Waals surface area contributed by atoms with E-state index >= 15 is 0 Å². The molecule has 0 aromatic rings. The van der Waals surface area contributed by atoms with Crippen LogP contribution >= 0.6 is 11.6 Å². The summed E-state index contributed by atoms with van der Waals surface area (Å²) in [6, 6.07) is 0. The second-order valence-electron chi connectivity index (χ2n) is 4.92. The number of alkyl halides is 1. The summed E-state index contributed by atoms with van der Waals surface area (Å²) < 4.78 is 0. The first-order valence-corrected chi connectivity index (χ1v) is 5.74. The van der Waals surface area contributed by atoms with Gasteiger partial charge in [0.25, 0.3) is 0 Å². The molecule has 0 aliphatic rings. The van der Waals surface area contributed by atoms with Gasteiger partial charge in [0.15, 0.2) is 0 Å². The van der Waals surface area contributed by atoms with Crippen LogP contribution in [0.4, 0.5) is 0 Å². The second-order valence-corrected chi connectivity index (χ2v) is 5.54. The van der Waals surface area contributed by atoms with E-state index in [2.05, 4.69) is 33.0 Å². The molecule has 0 saturated carbocycles. The molecular formula is C11H24ClN. The highest BCUT2D eigenvalue weighted by molar-refractivity contribution is 6.20. The zero-order valence-electron chi connectivity index (χ0n) is 9.49. The summed E-state index contributed by atoms with van der Waals surface area (Å²) in [6.45, 7) is 10.9. The first-order chi connectivity index (χ1) is 5.95. The Morgan fingerprint density at radius 3 is 2.38 bits per heavy atom. The van der Waals surface area contributed by atoms with Crippen molar-refractivity contribution in [2.45, 2.75) is 52.3 Å². The molecule has 0 heterocycles. The van der Waals surface area contributed by atoms with Gasteiger partial charge in [-0.2, -0.15) is 0 Å². The summed E-state index contributed by atoms with van der Waals surface area (Å²) in [6.07, 6.45) is 3.58. The number of hydrogen-bond donors (Lipinski definition) is 1. The molecule has 1 unspecified atom stereocenters. The van der Waals surface area contributed by atoms with Gasteiger partial charge in [-0.3, -0.25) is 0 Å². The first-order valence-electron chi connectivity index (χ1n) is 5.30. The minimum Gasteiger partial charge on any atom is -0.315 e. The average molecular weight is 206 g/mol. The maximum absolute atomic E-state index is 6.18. The van der Waals surface area contributed by atoms with Crippen molar-refractivity contribution in [3.8, 4) is 0 Å². The molecule has 13 heavy (non-hydrogen) atoms. The molecule has 1 nitrogen and oxygen atoms in total. The van der Waals surface area contributed by atoms with Gasteiger partial charge in [-0.1, -0.05) is 34.1 Å². The number of halogens is 1. The van der Waals surface area contributed by atoms with Gasteiger partial charge in [-0.15, -0.1) is 11.6 Å². The molecule has 0 aromatic heterocycles. The van der Waals surface area contributed by atoms with Crippen molar-refractivity contribution in [2.24, 2.45) is 5.41 Å². The zero-order valence-corrected chi connectivity index (χ0v) is 10.2. The maximum Gasteiger partial charge on any atom is 0.0465 e. The van der Waals surface area contributed by atoms with Gasteiger partial charge in [-0.05, 0) is 24.8 Å². The third kappa shape index (κ3) is 10.2. The minimum absolute atomic E-state index is 0.275. The van der Waals surface area contributed by atoms with Crippen LogP contribution in [0.2, 0.25) is 0 Å². The van der Waals surface area contributed by atoms with Gasteiger partial charge in [0, 0.05) is 11.9 Å². The van der Waals surface area contributed by atoms with Crippen LogP contribution in [-0.4, -0.2) is 18.5 Å². The van der Waals surface area contributed by atoms with Gasteiger partial charge in [0.2, 0.25) is 0 Å². The van der Waals surface area contributed by atoms with Gasteiger partial charge < -0.3 is 5.32 Å². The molecule has 0 fully saturated rings. The lowest BCUT2D eigenvalue weighted by molar-refractivity contribution is 0.364. The van der Waals surface area contributed by atoms with E-state index in [1.54, 1.807) is 0 Å². The van der Waals surface area contributed by atoms with Gasteiger partial charge in [0.05, 0.1) is 0 Å². The number of unbranched alkanes of at least 4 members (excludes halogenated alkanes) is 1. The Morgan fingerprint density at radius 2 is 1.92 bits per heavy atom. The highest BCUT2D eigenvalue weighted by atomic mass is 35.5. The number of nitrogens with one attached hydrogen (secondary N) is 1. The summed E-state index contributed by atoms with van der Waals surface area (Å²) in [5, 5.41) is 3.65. The van der Waals surface area contributed by atoms with Crippen LogP contribution in [0, 0.1) is 5.41 Å². The van der Waals surface area contributed by atoms with E-state index in [4.69, 9.17) is 11.6 Å².